The normalized spacial score (nSPS) is 17.3. The lowest BCUT2D eigenvalue weighted by Gasteiger charge is -2.30. The van der Waals surface area contributed by atoms with Crippen LogP contribution in [0.4, 0.5) is 0 Å². The number of benzene rings is 1. The van der Waals surface area contributed by atoms with E-state index in [4.69, 9.17) is 5.10 Å². The van der Waals surface area contributed by atoms with Crippen LogP contribution in [0.15, 0.2) is 61.1 Å². The molecule has 5 heteroatoms. The SMILES string of the molecule is C[C@@H]1CCCN(C(=O)c2cn(-c3ccccc3)nc2-c2cccnc2)C1. The molecule has 1 aromatic carbocycles. The molecule has 0 bridgehead atoms. The number of carbonyl (C=O) groups is 1. The maximum atomic E-state index is 13.2. The van der Waals surface area contributed by atoms with Crippen molar-refractivity contribution >= 4 is 5.91 Å². The fourth-order valence-corrected chi connectivity index (χ4v) is 3.50. The van der Waals surface area contributed by atoms with Crippen molar-refractivity contribution in [3.63, 3.8) is 0 Å². The number of nitrogens with zero attached hydrogens (tertiary/aromatic N) is 4. The molecular weight excluding hydrogens is 324 g/mol. The summed E-state index contributed by atoms with van der Waals surface area (Å²) in [6.07, 6.45) is 7.57. The molecule has 1 aliphatic heterocycles. The zero-order chi connectivity index (χ0) is 17.9. The molecule has 1 aliphatic rings. The maximum absolute atomic E-state index is 13.2. The summed E-state index contributed by atoms with van der Waals surface area (Å²) in [5.41, 5.74) is 3.11. The molecule has 1 amide bonds. The Balaban J connectivity index is 1.77. The largest absolute Gasteiger partial charge is 0.338 e. The summed E-state index contributed by atoms with van der Waals surface area (Å²) in [7, 11) is 0. The van der Waals surface area contributed by atoms with Crippen LogP contribution in [0, 0.1) is 5.92 Å². The van der Waals surface area contributed by atoms with E-state index in [1.807, 2.05) is 53.6 Å². The molecule has 0 aliphatic carbocycles. The van der Waals surface area contributed by atoms with Crippen LogP contribution < -0.4 is 0 Å². The van der Waals surface area contributed by atoms with Crippen molar-refractivity contribution in [2.75, 3.05) is 13.1 Å². The van der Waals surface area contributed by atoms with Gasteiger partial charge in [-0.1, -0.05) is 25.1 Å². The van der Waals surface area contributed by atoms with Gasteiger partial charge in [0.15, 0.2) is 0 Å². The molecule has 26 heavy (non-hydrogen) atoms. The Morgan fingerprint density at radius 1 is 1.15 bits per heavy atom. The number of hydrogen-bond donors (Lipinski definition) is 0. The number of para-hydroxylation sites is 1. The van der Waals surface area contributed by atoms with Crippen LogP contribution in [0.2, 0.25) is 0 Å². The minimum atomic E-state index is 0.0533. The fourth-order valence-electron chi connectivity index (χ4n) is 3.50. The Labute approximate surface area is 153 Å². The van der Waals surface area contributed by atoms with E-state index in [0.717, 1.165) is 30.8 Å². The van der Waals surface area contributed by atoms with Gasteiger partial charge in [0.05, 0.1) is 11.3 Å². The number of aromatic nitrogens is 3. The molecule has 3 aromatic rings. The topological polar surface area (TPSA) is 51.0 Å². The number of carbonyl (C=O) groups excluding carboxylic acids is 1. The molecular formula is C21H22N4O. The lowest BCUT2D eigenvalue weighted by atomic mass is 9.99. The standard InChI is InChI=1S/C21H22N4O/c1-16-7-6-12-24(14-16)21(26)19-15-25(18-9-3-2-4-10-18)23-20(19)17-8-5-11-22-13-17/h2-5,8-11,13,15-16H,6-7,12,14H2,1H3/t16-/m1/s1. The van der Waals surface area contributed by atoms with Crippen molar-refractivity contribution in [1.82, 2.24) is 19.7 Å². The average molecular weight is 346 g/mol. The summed E-state index contributed by atoms with van der Waals surface area (Å²) in [5.74, 6) is 0.594. The second-order valence-electron chi connectivity index (χ2n) is 6.91. The van der Waals surface area contributed by atoms with E-state index >= 15 is 0 Å². The van der Waals surface area contributed by atoms with Crippen molar-refractivity contribution in [2.45, 2.75) is 19.8 Å². The Morgan fingerprint density at radius 3 is 2.73 bits per heavy atom. The summed E-state index contributed by atoms with van der Waals surface area (Å²) < 4.78 is 1.78. The molecule has 2 aromatic heterocycles. The zero-order valence-corrected chi connectivity index (χ0v) is 14.9. The van der Waals surface area contributed by atoms with Crippen molar-refractivity contribution in [3.05, 3.63) is 66.6 Å². The van der Waals surface area contributed by atoms with E-state index < -0.39 is 0 Å². The van der Waals surface area contributed by atoms with Crippen molar-refractivity contribution in [1.29, 1.82) is 0 Å². The first-order valence-corrected chi connectivity index (χ1v) is 9.07. The van der Waals surface area contributed by atoms with Gasteiger partial charge in [-0.25, -0.2) is 4.68 Å². The van der Waals surface area contributed by atoms with Gasteiger partial charge in [0.25, 0.3) is 5.91 Å². The summed E-state index contributed by atoms with van der Waals surface area (Å²) in [6, 6.07) is 13.7. The second-order valence-corrected chi connectivity index (χ2v) is 6.91. The Morgan fingerprint density at radius 2 is 2.00 bits per heavy atom. The molecule has 0 unspecified atom stereocenters. The van der Waals surface area contributed by atoms with Crippen LogP contribution in [0.1, 0.15) is 30.1 Å². The maximum Gasteiger partial charge on any atom is 0.257 e. The third-order valence-electron chi connectivity index (χ3n) is 4.84. The Hall–Kier alpha value is -2.95. The van der Waals surface area contributed by atoms with Gasteiger partial charge < -0.3 is 4.90 Å². The molecule has 0 saturated carbocycles. The van der Waals surface area contributed by atoms with Crippen LogP contribution in [0.5, 0.6) is 0 Å². The van der Waals surface area contributed by atoms with Crippen molar-refractivity contribution in [3.8, 4) is 16.9 Å². The molecule has 0 N–H and O–H groups in total. The van der Waals surface area contributed by atoms with Gasteiger partial charge in [-0.2, -0.15) is 5.10 Å². The third-order valence-corrected chi connectivity index (χ3v) is 4.84. The highest BCUT2D eigenvalue weighted by Crippen LogP contribution is 2.26. The monoisotopic (exact) mass is 346 g/mol. The van der Waals surface area contributed by atoms with E-state index in [1.54, 1.807) is 17.1 Å². The summed E-state index contributed by atoms with van der Waals surface area (Å²) in [4.78, 5) is 19.4. The summed E-state index contributed by atoms with van der Waals surface area (Å²) >= 11 is 0. The molecule has 3 heterocycles. The molecule has 1 atom stereocenters. The van der Waals surface area contributed by atoms with Crippen LogP contribution in [-0.4, -0.2) is 38.7 Å². The zero-order valence-electron chi connectivity index (χ0n) is 14.9. The molecule has 0 radical (unpaired) electrons. The molecule has 5 nitrogen and oxygen atoms in total. The second kappa shape index (κ2) is 7.12. The number of rotatable bonds is 3. The lowest BCUT2D eigenvalue weighted by Crippen LogP contribution is -2.39. The van der Waals surface area contributed by atoms with Crippen molar-refractivity contribution < 1.29 is 4.79 Å². The Bertz CT molecular complexity index is 889. The minimum Gasteiger partial charge on any atom is -0.338 e. The molecule has 0 spiro atoms. The highest BCUT2D eigenvalue weighted by Gasteiger charge is 2.26. The van der Waals surface area contributed by atoms with Crippen LogP contribution in [-0.2, 0) is 0 Å². The van der Waals surface area contributed by atoms with E-state index in [2.05, 4.69) is 11.9 Å². The van der Waals surface area contributed by atoms with Gasteiger partial charge in [0.1, 0.15) is 5.69 Å². The van der Waals surface area contributed by atoms with E-state index in [1.165, 1.54) is 6.42 Å². The molecule has 132 valence electrons. The van der Waals surface area contributed by atoms with Gasteiger partial charge in [0.2, 0.25) is 0 Å². The number of piperidine rings is 1. The molecule has 1 fully saturated rings. The van der Waals surface area contributed by atoms with Crippen LogP contribution in [0.3, 0.4) is 0 Å². The van der Waals surface area contributed by atoms with E-state index in [9.17, 15) is 4.79 Å². The van der Waals surface area contributed by atoms with Gasteiger partial charge in [-0.05, 0) is 43.0 Å². The smallest absolute Gasteiger partial charge is 0.257 e. The third kappa shape index (κ3) is 3.25. The molecule has 1 saturated heterocycles. The molecule has 4 rings (SSSR count). The number of hydrogen-bond acceptors (Lipinski definition) is 3. The minimum absolute atomic E-state index is 0.0533. The Kier molecular flexibility index (Phi) is 4.52. The van der Waals surface area contributed by atoms with Gasteiger partial charge in [-0.15, -0.1) is 0 Å². The van der Waals surface area contributed by atoms with Crippen LogP contribution >= 0.6 is 0 Å². The van der Waals surface area contributed by atoms with E-state index in [-0.39, 0.29) is 5.91 Å². The fraction of sp³-hybridized carbons (Fsp3) is 0.286. The van der Waals surface area contributed by atoms with Gasteiger partial charge >= 0.3 is 0 Å². The summed E-state index contributed by atoms with van der Waals surface area (Å²) in [5, 5.41) is 4.71. The van der Waals surface area contributed by atoms with E-state index in [0.29, 0.717) is 17.2 Å². The number of pyridine rings is 1. The average Bonchev–Trinajstić information content (AvgIpc) is 3.14. The van der Waals surface area contributed by atoms with Crippen LogP contribution in [0.25, 0.3) is 16.9 Å². The number of amides is 1. The van der Waals surface area contributed by atoms with Crippen molar-refractivity contribution in [2.24, 2.45) is 5.92 Å². The number of likely N-dealkylation sites (tertiary alicyclic amines) is 1. The highest BCUT2D eigenvalue weighted by atomic mass is 16.2. The first kappa shape index (κ1) is 16.5. The first-order valence-electron chi connectivity index (χ1n) is 9.07. The summed E-state index contributed by atoms with van der Waals surface area (Å²) in [6.45, 7) is 3.82. The predicted molar refractivity (Wildman–Crippen MR) is 101 cm³/mol. The predicted octanol–water partition coefficient (Wildman–Crippen LogP) is 3.81. The quantitative estimate of drug-likeness (QED) is 0.725. The van der Waals surface area contributed by atoms with Gasteiger partial charge in [0, 0.05) is 37.2 Å². The highest BCUT2D eigenvalue weighted by molar-refractivity contribution is 6.00. The first-order chi connectivity index (χ1) is 12.7. The van der Waals surface area contributed by atoms with Gasteiger partial charge in [-0.3, -0.25) is 9.78 Å². The lowest BCUT2D eigenvalue weighted by molar-refractivity contribution is 0.0684.